The average Bonchev–Trinajstić information content (AvgIpc) is 2.44. The summed E-state index contributed by atoms with van der Waals surface area (Å²) in [5.74, 6) is 0. The van der Waals surface area contributed by atoms with Gasteiger partial charge in [0.25, 0.3) is 0 Å². The Bertz CT molecular complexity index is 408. The van der Waals surface area contributed by atoms with Gasteiger partial charge in [0.05, 0.1) is 5.52 Å². The van der Waals surface area contributed by atoms with Crippen molar-refractivity contribution < 1.29 is 0 Å². The second-order valence-electron chi connectivity index (χ2n) is 2.65. The molecule has 0 atom stereocenters. The minimum absolute atomic E-state index is 1.35. The maximum atomic E-state index is 2.27. The smallest absolute Gasteiger partial charge is 0.103 e. The first-order valence-corrected chi connectivity index (χ1v) is 5.90. The molecule has 12 heavy (non-hydrogen) atoms. The number of aryl methyl sites for hydroxylation is 1. The fourth-order valence-electron chi connectivity index (χ4n) is 1.31. The summed E-state index contributed by atoms with van der Waals surface area (Å²) in [5, 5.41) is 1.42. The molecule has 0 fully saturated rings. The van der Waals surface area contributed by atoms with Gasteiger partial charge in [0.1, 0.15) is 4.76 Å². The monoisotopic (exact) mass is 195 g/mol. The fraction of sp³-hybridized carbons (Fsp3) is 0.222. The van der Waals surface area contributed by atoms with Crippen molar-refractivity contribution in [1.29, 1.82) is 0 Å². The molecule has 0 N–H and O–H groups in total. The first-order chi connectivity index (χ1) is 5.83. The lowest BCUT2D eigenvalue weighted by molar-refractivity contribution is 0.887. The first-order valence-electron chi connectivity index (χ1n) is 3.78. The molecule has 0 amide bonds. The standard InChI is InChI=1S/C9H10NPS/c1-10-7-5-3-4-6-8(7)11-9(10)12-2/h3-6H,1-2H3. The minimum Gasteiger partial charge on any atom is -0.335 e. The van der Waals surface area contributed by atoms with Crippen molar-refractivity contribution in [3.63, 3.8) is 0 Å². The third-order valence-electron chi connectivity index (χ3n) is 1.93. The van der Waals surface area contributed by atoms with Crippen molar-refractivity contribution in [3.8, 4) is 0 Å². The molecule has 1 aromatic heterocycles. The minimum atomic E-state index is 1.35. The van der Waals surface area contributed by atoms with Crippen molar-refractivity contribution in [1.82, 2.24) is 4.57 Å². The maximum absolute atomic E-state index is 2.27. The van der Waals surface area contributed by atoms with Crippen LogP contribution in [0.3, 0.4) is 0 Å². The van der Waals surface area contributed by atoms with Crippen LogP contribution in [-0.2, 0) is 7.05 Å². The van der Waals surface area contributed by atoms with Gasteiger partial charge in [-0.2, -0.15) is 0 Å². The van der Waals surface area contributed by atoms with Crippen molar-refractivity contribution >= 4 is 30.6 Å². The Morgan fingerprint density at radius 3 is 2.75 bits per heavy atom. The van der Waals surface area contributed by atoms with Gasteiger partial charge in [0.15, 0.2) is 0 Å². The molecule has 0 radical (unpaired) electrons. The molecule has 0 aliphatic heterocycles. The van der Waals surface area contributed by atoms with Gasteiger partial charge in [-0.05, 0) is 26.6 Å². The van der Waals surface area contributed by atoms with E-state index in [1.54, 1.807) is 0 Å². The van der Waals surface area contributed by atoms with Gasteiger partial charge in [-0.1, -0.05) is 12.1 Å². The molecule has 0 aliphatic rings. The van der Waals surface area contributed by atoms with Gasteiger partial charge in [-0.3, -0.25) is 0 Å². The Labute approximate surface area is 77.9 Å². The number of hydrogen-bond donors (Lipinski definition) is 0. The zero-order valence-electron chi connectivity index (χ0n) is 7.11. The van der Waals surface area contributed by atoms with E-state index in [0.717, 1.165) is 0 Å². The van der Waals surface area contributed by atoms with E-state index in [1.165, 1.54) is 23.6 Å². The number of aromatic nitrogens is 1. The van der Waals surface area contributed by atoms with Crippen LogP contribution in [0, 0.1) is 0 Å². The zero-order chi connectivity index (χ0) is 8.55. The van der Waals surface area contributed by atoms with Gasteiger partial charge in [-0.15, -0.1) is 11.8 Å². The molecule has 0 saturated carbocycles. The largest absolute Gasteiger partial charge is 0.335 e. The third-order valence-corrected chi connectivity index (χ3v) is 4.50. The highest BCUT2D eigenvalue weighted by Crippen LogP contribution is 2.34. The molecule has 0 spiro atoms. The van der Waals surface area contributed by atoms with Crippen LogP contribution in [0.1, 0.15) is 0 Å². The molecule has 2 rings (SSSR count). The van der Waals surface area contributed by atoms with E-state index >= 15 is 0 Å². The van der Waals surface area contributed by atoms with Crippen molar-refractivity contribution in [3.05, 3.63) is 24.3 Å². The number of fused-ring (bicyclic) bond motifs is 1. The molecule has 2 aromatic rings. The SMILES string of the molecule is CSc1pc2ccccc2n1C. The molecule has 0 bridgehead atoms. The predicted molar refractivity (Wildman–Crippen MR) is 57.2 cm³/mol. The number of thioether (sulfide) groups is 1. The van der Waals surface area contributed by atoms with E-state index in [2.05, 4.69) is 42.1 Å². The molecule has 0 unspecified atom stereocenters. The zero-order valence-corrected chi connectivity index (χ0v) is 8.82. The summed E-state index contributed by atoms with van der Waals surface area (Å²) >= 11 is 1.83. The van der Waals surface area contributed by atoms with Crippen molar-refractivity contribution in [2.75, 3.05) is 6.26 Å². The van der Waals surface area contributed by atoms with Crippen LogP contribution in [0.5, 0.6) is 0 Å². The molecule has 3 heteroatoms. The van der Waals surface area contributed by atoms with Gasteiger partial charge in [0, 0.05) is 12.2 Å². The van der Waals surface area contributed by atoms with Crippen LogP contribution in [0.15, 0.2) is 29.0 Å². The summed E-state index contributed by atoms with van der Waals surface area (Å²) < 4.78 is 3.68. The quantitative estimate of drug-likeness (QED) is 0.630. The topological polar surface area (TPSA) is 4.93 Å². The molecule has 1 heterocycles. The highest BCUT2D eigenvalue weighted by atomic mass is 32.2. The lowest BCUT2D eigenvalue weighted by atomic mass is 10.3. The summed E-state index contributed by atoms with van der Waals surface area (Å²) in [6, 6.07) is 8.55. The van der Waals surface area contributed by atoms with E-state index in [-0.39, 0.29) is 0 Å². The molecule has 0 saturated heterocycles. The van der Waals surface area contributed by atoms with Crippen molar-refractivity contribution in [2.24, 2.45) is 7.05 Å². The normalized spacial score (nSPS) is 11.5. The van der Waals surface area contributed by atoms with Crippen LogP contribution in [0.25, 0.3) is 10.6 Å². The average molecular weight is 195 g/mol. The van der Waals surface area contributed by atoms with Crippen LogP contribution in [0.2, 0.25) is 0 Å². The number of nitrogens with zero attached hydrogens (tertiary/aromatic N) is 1. The molecular weight excluding hydrogens is 185 g/mol. The van der Waals surface area contributed by atoms with E-state index in [1.807, 2.05) is 11.8 Å². The molecule has 62 valence electrons. The summed E-state index contributed by atoms with van der Waals surface area (Å²) in [4.78, 5) is 0. The fourth-order valence-corrected chi connectivity index (χ4v) is 3.30. The molecular formula is C9H10NPS. The van der Waals surface area contributed by atoms with Crippen LogP contribution in [0.4, 0.5) is 0 Å². The second-order valence-corrected chi connectivity index (χ2v) is 4.87. The highest BCUT2D eigenvalue weighted by Gasteiger charge is 2.02. The Kier molecular flexibility index (Phi) is 2.12. The molecule has 0 aliphatic carbocycles. The number of para-hydroxylation sites is 1. The van der Waals surface area contributed by atoms with Crippen LogP contribution < -0.4 is 0 Å². The Balaban J connectivity index is 2.78. The lowest BCUT2D eigenvalue weighted by Gasteiger charge is -1.97. The Hall–Kier alpha value is -0.460. The van der Waals surface area contributed by atoms with E-state index < -0.39 is 0 Å². The van der Waals surface area contributed by atoms with Gasteiger partial charge < -0.3 is 4.57 Å². The summed E-state index contributed by atoms with van der Waals surface area (Å²) in [6.45, 7) is 0. The Morgan fingerprint density at radius 1 is 1.33 bits per heavy atom. The number of hydrogen-bond acceptors (Lipinski definition) is 1. The van der Waals surface area contributed by atoms with Crippen LogP contribution in [-0.4, -0.2) is 10.8 Å². The maximum Gasteiger partial charge on any atom is 0.103 e. The third kappa shape index (κ3) is 1.16. The lowest BCUT2D eigenvalue weighted by Crippen LogP contribution is -1.86. The molecule has 1 aromatic carbocycles. The van der Waals surface area contributed by atoms with Crippen molar-refractivity contribution in [2.45, 2.75) is 4.76 Å². The van der Waals surface area contributed by atoms with E-state index in [9.17, 15) is 0 Å². The van der Waals surface area contributed by atoms with Crippen LogP contribution >= 0.6 is 20.0 Å². The number of benzene rings is 1. The predicted octanol–water partition coefficient (Wildman–Crippen LogP) is 3.48. The second kappa shape index (κ2) is 3.12. The van der Waals surface area contributed by atoms with Gasteiger partial charge in [0.2, 0.25) is 0 Å². The first kappa shape index (κ1) is 8.15. The van der Waals surface area contributed by atoms with Gasteiger partial charge >= 0.3 is 0 Å². The van der Waals surface area contributed by atoms with Gasteiger partial charge in [-0.25, -0.2) is 0 Å². The molecule has 1 nitrogen and oxygen atoms in total. The summed E-state index contributed by atoms with van der Waals surface area (Å²) in [7, 11) is 3.48. The highest BCUT2D eigenvalue weighted by molar-refractivity contribution is 8.01. The number of rotatable bonds is 1. The summed E-state index contributed by atoms with van der Waals surface area (Å²) in [5.41, 5.74) is 1.35. The Morgan fingerprint density at radius 2 is 2.08 bits per heavy atom. The van der Waals surface area contributed by atoms with E-state index in [4.69, 9.17) is 0 Å². The summed E-state index contributed by atoms with van der Waals surface area (Å²) in [6.07, 6.45) is 2.13. The van der Waals surface area contributed by atoms with E-state index in [0.29, 0.717) is 0 Å².